The summed E-state index contributed by atoms with van der Waals surface area (Å²) < 4.78 is 0. The Hall–Kier alpha value is -0.610. The van der Waals surface area contributed by atoms with E-state index >= 15 is 0 Å². The van der Waals surface area contributed by atoms with Gasteiger partial charge in [0.15, 0.2) is 0 Å². The van der Waals surface area contributed by atoms with Crippen LogP contribution in [0.15, 0.2) is 0 Å². The summed E-state index contributed by atoms with van der Waals surface area (Å²) in [5.74, 6) is 0.0928. The van der Waals surface area contributed by atoms with E-state index in [1.54, 1.807) is 0 Å². The van der Waals surface area contributed by atoms with Gasteiger partial charge in [0, 0.05) is 17.9 Å². The van der Waals surface area contributed by atoms with Gasteiger partial charge in [-0.3, -0.25) is 4.79 Å². The second kappa shape index (κ2) is 4.94. The van der Waals surface area contributed by atoms with Gasteiger partial charge in [-0.15, -0.1) is 0 Å². The number of aliphatic hydroxyl groups is 1. The highest BCUT2D eigenvalue weighted by atomic mass is 16.3. The second-order valence-corrected chi connectivity index (χ2v) is 4.90. The van der Waals surface area contributed by atoms with Gasteiger partial charge in [-0.2, -0.15) is 0 Å². The lowest BCUT2D eigenvalue weighted by Gasteiger charge is -2.49. The molecule has 0 radical (unpaired) electrons. The number of carbonyl (C=O) groups excluding carboxylic acids is 1. The largest absolute Gasteiger partial charge is 0.392 e. The summed E-state index contributed by atoms with van der Waals surface area (Å²) >= 11 is 0. The number of amides is 1. The molecule has 0 spiro atoms. The van der Waals surface area contributed by atoms with Crippen LogP contribution in [0, 0.1) is 5.41 Å². The third-order valence-electron chi connectivity index (χ3n) is 3.38. The van der Waals surface area contributed by atoms with E-state index in [0.29, 0.717) is 12.8 Å². The summed E-state index contributed by atoms with van der Waals surface area (Å²) in [4.78, 5) is 11.5. The zero-order chi connectivity index (χ0) is 11.5. The van der Waals surface area contributed by atoms with Gasteiger partial charge in [-0.05, 0) is 26.4 Å². The zero-order valence-electron chi connectivity index (χ0n) is 9.84. The highest BCUT2D eigenvalue weighted by Crippen LogP contribution is 2.40. The van der Waals surface area contributed by atoms with Crippen LogP contribution in [0.1, 0.15) is 33.1 Å². The minimum absolute atomic E-state index is 0.0928. The first-order chi connectivity index (χ1) is 6.98. The topological polar surface area (TPSA) is 61.4 Å². The molecule has 0 aromatic heterocycles. The standard InChI is InChI=1S/C11H22N2O2/c1-11(2)8(7-9(11)14)13-10(15)5-4-6-12-3/h8-9,12,14H,4-7H2,1-3H3,(H,13,15). The van der Waals surface area contributed by atoms with Crippen molar-refractivity contribution >= 4 is 5.91 Å². The number of rotatable bonds is 5. The number of nitrogens with one attached hydrogen (secondary N) is 2. The smallest absolute Gasteiger partial charge is 0.220 e. The Morgan fingerprint density at radius 3 is 2.67 bits per heavy atom. The normalized spacial score (nSPS) is 28.3. The van der Waals surface area contributed by atoms with Crippen LogP contribution in [0.25, 0.3) is 0 Å². The Balaban J connectivity index is 2.22. The van der Waals surface area contributed by atoms with Crippen molar-refractivity contribution in [1.29, 1.82) is 0 Å². The van der Waals surface area contributed by atoms with Crippen LogP contribution in [0.4, 0.5) is 0 Å². The van der Waals surface area contributed by atoms with E-state index in [1.807, 2.05) is 20.9 Å². The third kappa shape index (κ3) is 2.92. The van der Waals surface area contributed by atoms with E-state index in [0.717, 1.165) is 13.0 Å². The van der Waals surface area contributed by atoms with Crippen LogP contribution >= 0.6 is 0 Å². The number of aliphatic hydroxyl groups excluding tert-OH is 1. The molecular formula is C11H22N2O2. The lowest BCUT2D eigenvalue weighted by atomic mass is 9.64. The Labute approximate surface area is 91.4 Å². The summed E-state index contributed by atoms with van der Waals surface area (Å²) in [6, 6.07) is 0.134. The summed E-state index contributed by atoms with van der Waals surface area (Å²) in [5.41, 5.74) is -0.168. The molecule has 0 aromatic carbocycles. The molecule has 3 N–H and O–H groups in total. The van der Waals surface area contributed by atoms with Crippen LogP contribution < -0.4 is 10.6 Å². The van der Waals surface area contributed by atoms with Gasteiger partial charge in [0.25, 0.3) is 0 Å². The quantitative estimate of drug-likeness (QED) is 0.575. The molecule has 2 atom stereocenters. The third-order valence-corrected chi connectivity index (χ3v) is 3.38. The molecule has 88 valence electrons. The van der Waals surface area contributed by atoms with Gasteiger partial charge in [-0.25, -0.2) is 0 Å². The van der Waals surface area contributed by atoms with E-state index in [4.69, 9.17) is 0 Å². The number of hydrogen-bond donors (Lipinski definition) is 3. The maximum atomic E-state index is 11.5. The van der Waals surface area contributed by atoms with Crippen LogP contribution in [-0.2, 0) is 4.79 Å². The molecule has 1 aliphatic rings. The van der Waals surface area contributed by atoms with Crippen molar-refractivity contribution in [3.05, 3.63) is 0 Å². The van der Waals surface area contributed by atoms with Gasteiger partial charge >= 0.3 is 0 Å². The monoisotopic (exact) mass is 214 g/mol. The molecule has 4 nitrogen and oxygen atoms in total. The lowest BCUT2D eigenvalue weighted by Crippen LogP contribution is -2.61. The molecule has 15 heavy (non-hydrogen) atoms. The molecule has 1 amide bonds. The first-order valence-electron chi connectivity index (χ1n) is 5.60. The van der Waals surface area contributed by atoms with E-state index in [9.17, 15) is 9.90 Å². The van der Waals surface area contributed by atoms with Crippen molar-refractivity contribution in [3.8, 4) is 0 Å². The van der Waals surface area contributed by atoms with Crippen molar-refractivity contribution in [2.75, 3.05) is 13.6 Å². The summed E-state index contributed by atoms with van der Waals surface area (Å²) in [6.07, 6.45) is 1.83. The first kappa shape index (κ1) is 12.5. The van der Waals surface area contributed by atoms with Crippen LogP contribution in [0.2, 0.25) is 0 Å². The minimum atomic E-state index is -0.278. The summed E-state index contributed by atoms with van der Waals surface area (Å²) in [6.45, 7) is 4.84. The molecule has 1 aliphatic carbocycles. The Morgan fingerprint density at radius 2 is 2.20 bits per heavy atom. The average molecular weight is 214 g/mol. The van der Waals surface area contributed by atoms with Gasteiger partial charge < -0.3 is 15.7 Å². The highest BCUT2D eigenvalue weighted by molar-refractivity contribution is 5.76. The zero-order valence-corrected chi connectivity index (χ0v) is 9.84. The molecule has 0 heterocycles. The predicted molar refractivity (Wildman–Crippen MR) is 59.5 cm³/mol. The summed E-state index contributed by atoms with van der Waals surface area (Å²) in [7, 11) is 1.88. The van der Waals surface area contributed by atoms with Gasteiger partial charge in [-0.1, -0.05) is 13.8 Å². The van der Waals surface area contributed by atoms with Crippen molar-refractivity contribution < 1.29 is 9.90 Å². The predicted octanol–water partition coefficient (Wildman–Crippen LogP) is 0.262. The molecule has 4 heteroatoms. The molecule has 2 unspecified atom stereocenters. The van der Waals surface area contributed by atoms with Crippen molar-refractivity contribution in [1.82, 2.24) is 10.6 Å². The number of hydrogen-bond acceptors (Lipinski definition) is 3. The summed E-state index contributed by atoms with van der Waals surface area (Å²) in [5, 5.41) is 15.5. The van der Waals surface area contributed by atoms with Crippen molar-refractivity contribution in [3.63, 3.8) is 0 Å². The highest BCUT2D eigenvalue weighted by Gasteiger charge is 2.47. The maximum absolute atomic E-state index is 11.5. The van der Waals surface area contributed by atoms with E-state index in [-0.39, 0.29) is 23.5 Å². The van der Waals surface area contributed by atoms with Crippen molar-refractivity contribution in [2.24, 2.45) is 5.41 Å². The average Bonchev–Trinajstić information content (AvgIpc) is 2.18. The minimum Gasteiger partial charge on any atom is -0.392 e. The molecule has 1 fully saturated rings. The van der Waals surface area contributed by atoms with Gasteiger partial charge in [0.05, 0.1) is 6.10 Å². The van der Waals surface area contributed by atoms with E-state index < -0.39 is 0 Å². The van der Waals surface area contributed by atoms with Crippen LogP contribution in [0.3, 0.4) is 0 Å². The molecule has 0 aliphatic heterocycles. The fourth-order valence-corrected chi connectivity index (χ4v) is 1.84. The van der Waals surface area contributed by atoms with Crippen molar-refractivity contribution in [2.45, 2.75) is 45.3 Å². The molecule has 1 rings (SSSR count). The maximum Gasteiger partial charge on any atom is 0.220 e. The Kier molecular flexibility index (Phi) is 4.11. The fraction of sp³-hybridized carbons (Fsp3) is 0.909. The molecular weight excluding hydrogens is 192 g/mol. The van der Waals surface area contributed by atoms with E-state index in [2.05, 4.69) is 10.6 Å². The molecule has 1 saturated carbocycles. The second-order valence-electron chi connectivity index (χ2n) is 4.90. The van der Waals surface area contributed by atoms with Crippen LogP contribution in [-0.4, -0.2) is 36.8 Å². The van der Waals surface area contributed by atoms with E-state index in [1.165, 1.54) is 0 Å². The first-order valence-corrected chi connectivity index (χ1v) is 5.60. The molecule has 0 aromatic rings. The molecule has 0 saturated heterocycles. The van der Waals surface area contributed by atoms with Crippen LogP contribution in [0.5, 0.6) is 0 Å². The van der Waals surface area contributed by atoms with Gasteiger partial charge in [0.2, 0.25) is 5.91 Å². The Morgan fingerprint density at radius 1 is 1.53 bits per heavy atom. The SMILES string of the molecule is CNCCCC(=O)NC1CC(O)C1(C)C. The lowest BCUT2D eigenvalue weighted by molar-refractivity contribution is -0.129. The Bertz CT molecular complexity index is 229. The molecule has 0 bridgehead atoms. The number of carbonyl (C=O) groups is 1. The fourth-order valence-electron chi connectivity index (χ4n) is 1.84. The van der Waals surface area contributed by atoms with Gasteiger partial charge in [0.1, 0.15) is 0 Å².